The highest BCUT2D eigenvalue weighted by Gasteiger charge is 1.97. The Bertz CT molecular complexity index is 332. The van der Waals surface area contributed by atoms with Gasteiger partial charge in [0.2, 0.25) is 0 Å². The molecule has 1 aromatic heterocycles. The summed E-state index contributed by atoms with van der Waals surface area (Å²) < 4.78 is 1.50. The molecular weight excluding hydrogens is 178 g/mol. The van der Waals surface area contributed by atoms with Crippen molar-refractivity contribution < 1.29 is 0 Å². The van der Waals surface area contributed by atoms with Crippen molar-refractivity contribution in [2.45, 2.75) is 33.2 Å². The maximum absolute atomic E-state index is 11.5. The molecule has 0 fully saturated rings. The fraction of sp³-hybridized carbons (Fsp3) is 0.600. The van der Waals surface area contributed by atoms with Gasteiger partial charge in [0.05, 0.1) is 11.9 Å². The molecule has 0 spiro atoms. The smallest absolute Gasteiger partial charge is 0.268 e. The lowest BCUT2D eigenvalue weighted by Crippen LogP contribution is -2.22. The summed E-state index contributed by atoms with van der Waals surface area (Å²) in [6.45, 7) is 5.60. The Morgan fingerprint density at radius 3 is 2.86 bits per heavy atom. The number of nitrogens with zero attached hydrogens (tertiary/aromatic N) is 2. The molecule has 0 aromatic carbocycles. The fourth-order valence-corrected chi connectivity index (χ4v) is 1.21. The minimum absolute atomic E-state index is 0.0306. The Morgan fingerprint density at radius 1 is 1.50 bits per heavy atom. The van der Waals surface area contributed by atoms with Crippen molar-refractivity contribution in [3.63, 3.8) is 0 Å². The van der Waals surface area contributed by atoms with Gasteiger partial charge < -0.3 is 5.32 Å². The van der Waals surface area contributed by atoms with Gasteiger partial charge in [-0.3, -0.25) is 4.79 Å². The van der Waals surface area contributed by atoms with Crippen molar-refractivity contribution in [2.75, 3.05) is 11.9 Å². The first-order valence-electron chi connectivity index (χ1n) is 5.09. The van der Waals surface area contributed by atoms with Crippen LogP contribution in [0.25, 0.3) is 0 Å². The van der Waals surface area contributed by atoms with E-state index >= 15 is 0 Å². The summed E-state index contributed by atoms with van der Waals surface area (Å²) in [5, 5.41) is 7.13. The van der Waals surface area contributed by atoms with E-state index in [-0.39, 0.29) is 5.56 Å². The van der Waals surface area contributed by atoms with Gasteiger partial charge in [-0.1, -0.05) is 13.3 Å². The zero-order valence-corrected chi connectivity index (χ0v) is 8.79. The number of unbranched alkanes of at least 4 members (excludes halogenated alkanes) is 1. The van der Waals surface area contributed by atoms with E-state index in [1.807, 2.05) is 6.92 Å². The Kier molecular flexibility index (Phi) is 4.16. The normalized spacial score (nSPS) is 10.1. The van der Waals surface area contributed by atoms with Crippen LogP contribution in [0, 0.1) is 0 Å². The molecule has 0 aliphatic carbocycles. The second-order valence-electron chi connectivity index (χ2n) is 3.19. The van der Waals surface area contributed by atoms with Crippen LogP contribution in [0.5, 0.6) is 0 Å². The first kappa shape index (κ1) is 10.8. The van der Waals surface area contributed by atoms with Crippen LogP contribution in [0.3, 0.4) is 0 Å². The van der Waals surface area contributed by atoms with Crippen molar-refractivity contribution in [1.82, 2.24) is 9.78 Å². The van der Waals surface area contributed by atoms with Crippen LogP contribution in [-0.4, -0.2) is 16.3 Å². The molecule has 0 atom stereocenters. The van der Waals surface area contributed by atoms with Crippen LogP contribution in [0.4, 0.5) is 5.69 Å². The summed E-state index contributed by atoms with van der Waals surface area (Å²) >= 11 is 0. The maximum Gasteiger partial charge on any atom is 0.268 e. The van der Waals surface area contributed by atoms with Gasteiger partial charge in [0.25, 0.3) is 5.56 Å². The zero-order chi connectivity index (χ0) is 10.4. The van der Waals surface area contributed by atoms with Crippen LogP contribution in [-0.2, 0) is 6.54 Å². The number of aromatic nitrogens is 2. The summed E-state index contributed by atoms with van der Waals surface area (Å²) in [4.78, 5) is 11.5. The first-order chi connectivity index (χ1) is 6.77. The van der Waals surface area contributed by atoms with E-state index in [1.54, 1.807) is 12.3 Å². The van der Waals surface area contributed by atoms with E-state index in [4.69, 9.17) is 0 Å². The molecule has 0 unspecified atom stereocenters. The molecule has 1 rings (SSSR count). The quantitative estimate of drug-likeness (QED) is 0.774. The van der Waals surface area contributed by atoms with Crippen molar-refractivity contribution in [2.24, 2.45) is 0 Å². The Balaban J connectivity index is 2.74. The standard InChI is InChI=1S/C10H17N3O/c1-3-5-6-13-10(14)7-9(8-12-13)11-4-2/h7-8,11H,3-6H2,1-2H3. The van der Waals surface area contributed by atoms with Gasteiger partial charge in [0, 0.05) is 19.2 Å². The van der Waals surface area contributed by atoms with E-state index in [0.29, 0.717) is 6.54 Å². The summed E-state index contributed by atoms with van der Waals surface area (Å²) in [6.07, 6.45) is 3.76. The van der Waals surface area contributed by atoms with Crippen molar-refractivity contribution in [3.8, 4) is 0 Å². The van der Waals surface area contributed by atoms with Crippen molar-refractivity contribution >= 4 is 5.69 Å². The average molecular weight is 195 g/mol. The highest BCUT2D eigenvalue weighted by atomic mass is 16.1. The van der Waals surface area contributed by atoms with Crippen molar-refractivity contribution in [1.29, 1.82) is 0 Å². The van der Waals surface area contributed by atoms with Gasteiger partial charge in [-0.2, -0.15) is 5.10 Å². The van der Waals surface area contributed by atoms with Gasteiger partial charge in [-0.25, -0.2) is 4.68 Å². The molecule has 4 heteroatoms. The van der Waals surface area contributed by atoms with Gasteiger partial charge in [-0.05, 0) is 13.3 Å². The van der Waals surface area contributed by atoms with E-state index in [0.717, 1.165) is 25.1 Å². The highest BCUT2D eigenvalue weighted by molar-refractivity contribution is 5.38. The van der Waals surface area contributed by atoms with Gasteiger partial charge in [-0.15, -0.1) is 0 Å². The number of hydrogen-bond donors (Lipinski definition) is 1. The lowest BCUT2D eigenvalue weighted by Gasteiger charge is -2.05. The van der Waals surface area contributed by atoms with E-state index in [1.165, 1.54) is 4.68 Å². The number of rotatable bonds is 5. The van der Waals surface area contributed by atoms with E-state index < -0.39 is 0 Å². The number of aryl methyl sites for hydroxylation is 1. The molecule has 0 aliphatic heterocycles. The third-order valence-electron chi connectivity index (χ3n) is 1.97. The Labute approximate surface area is 84.0 Å². The Morgan fingerprint density at radius 2 is 2.29 bits per heavy atom. The van der Waals surface area contributed by atoms with Crippen molar-refractivity contribution in [3.05, 3.63) is 22.6 Å². The predicted octanol–water partition coefficient (Wildman–Crippen LogP) is 1.48. The molecule has 78 valence electrons. The molecule has 0 amide bonds. The molecular formula is C10H17N3O. The van der Waals surface area contributed by atoms with Crippen LogP contribution in [0.2, 0.25) is 0 Å². The van der Waals surface area contributed by atoms with Crippen LogP contribution < -0.4 is 10.9 Å². The Hall–Kier alpha value is -1.32. The van der Waals surface area contributed by atoms with Gasteiger partial charge in [0.15, 0.2) is 0 Å². The lowest BCUT2D eigenvalue weighted by atomic mass is 10.3. The second kappa shape index (κ2) is 5.42. The van der Waals surface area contributed by atoms with E-state index in [9.17, 15) is 4.79 Å². The topological polar surface area (TPSA) is 46.9 Å². The monoisotopic (exact) mass is 195 g/mol. The van der Waals surface area contributed by atoms with E-state index in [2.05, 4.69) is 17.3 Å². The van der Waals surface area contributed by atoms with Crippen LogP contribution in [0.1, 0.15) is 26.7 Å². The predicted molar refractivity (Wildman–Crippen MR) is 57.6 cm³/mol. The maximum atomic E-state index is 11.5. The number of nitrogens with one attached hydrogen (secondary N) is 1. The zero-order valence-electron chi connectivity index (χ0n) is 8.79. The number of anilines is 1. The first-order valence-corrected chi connectivity index (χ1v) is 5.09. The second-order valence-corrected chi connectivity index (χ2v) is 3.19. The molecule has 0 aliphatic rings. The minimum Gasteiger partial charge on any atom is -0.384 e. The SMILES string of the molecule is CCCCn1ncc(NCC)cc1=O. The van der Waals surface area contributed by atoms with Crippen LogP contribution in [0.15, 0.2) is 17.1 Å². The van der Waals surface area contributed by atoms with Gasteiger partial charge >= 0.3 is 0 Å². The number of hydrogen-bond acceptors (Lipinski definition) is 3. The lowest BCUT2D eigenvalue weighted by molar-refractivity contribution is 0.543. The summed E-state index contributed by atoms with van der Waals surface area (Å²) in [7, 11) is 0. The molecule has 4 nitrogen and oxygen atoms in total. The third-order valence-corrected chi connectivity index (χ3v) is 1.97. The summed E-state index contributed by atoms with van der Waals surface area (Å²) in [6, 6.07) is 1.59. The molecule has 1 N–H and O–H groups in total. The molecule has 0 radical (unpaired) electrons. The molecule has 1 heterocycles. The largest absolute Gasteiger partial charge is 0.384 e. The third kappa shape index (κ3) is 2.87. The molecule has 0 saturated heterocycles. The average Bonchev–Trinajstić information content (AvgIpc) is 2.17. The molecule has 1 aromatic rings. The van der Waals surface area contributed by atoms with Gasteiger partial charge in [0.1, 0.15) is 0 Å². The minimum atomic E-state index is -0.0306. The van der Waals surface area contributed by atoms with Crippen LogP contribution >= 0.6 is 0 Å². The highest BCUT2D eigenvalue weighted by Crippen LogP contribution is 1.98. The fourth-order valence-electron chi connectivity index (χ4n) is 1.21. The summed E-state index contributed by atoms with van der Waals surface area (Å²) in [5.41, 5.74) is 0.766. The summed E-state index contributed by atoms with van der Waals surface area (Å²) in [5.74, 6) is 0. The molecule has 14 heavy (non-hydrogen) atoms. The molecule has 0 bridgehead atoms. The molecule has 0 saturated carbocycles.